The average Bonchev–Trinajstić information content (AvgIpc) is 3.39. The summed E-state index contributed by atoms with van der Waals surface area (Å²) in [6.45, 7) is 0.148. The fourth-order valence-corrected chi connectivity index (χ4v) is 3.33. The van der Waals surface area contributed by atoms with Gasteiger partial charge in [-0.15, -0.1) is 11.3 Å². The first-order chi connectivity index (χ1) is 13.1. The number of aromatic nitrogens is 1. The first kappa shape index (κ1) is 17.0. The van der Waals surface area contributed by atoms with E-state index in [1.807, 2.05) is 17.5 Å². The summed E-state index contributed by atoms with van der Waals surface area (Å²) >= 11 is 1.49. The zero-order chi connectivity index (χ0) is 18.8. The number of rotatable bonds is 5. The number of nitrogens with one attached hydrogen (secondary N) is 2. The molecule has 0 spiro atoms. The van der Waals surface area contributed by atoms with Crippen LogP contribution in [0.5, 0.6) is 0 Å². The number of nitrogens with zero attached hydrogens (tertiary/aromatic N) is 2. The van der Waals surface area contributed by atoms with Gasteiger partial charge in [0.1, 0.15) is 0 Å². The van der Waals surface area contributed by atoms with E-state index in [4.69, 9.17) is 4.52 Å². The molecule has 27 heavy (non-hydrogen) atoms. The van der Waals surface area contributed by atoms with E-state index in [0.29, 0.717) is 11.4 Å². The molecule has 4 amide bonds. The first-order valence-electron chi connectivity index (χ1n) is 8.09. The Bertz CT molecular complexity index is 996. The molecule has 1 saturated heterocycles. The molecule has 0 unspecified atom stereocenters. The molecule has 0 bridgehead atoms. The van der Waals surface area contributed by atoms with Crippen LogP contribution < -0.4 is 10.6 Å². The van der Waals surface area contributed by atoms with Crippen LogP contribution in [0.25, 0.3) is 10.6 Å². The number of carbonyl (C=O) groups is 3. The van der Waals surface area contributed by atoms with Gasteiger partial charge in [-0.05, 0) is 29.1 Å². The highest BCUT2D eigenvalue weighted by Gasteiger charge is 2.28. The monoisotopic (exact) mass is 382 g/mol. The van der Waals surface area contributed by atoms with Gasteiger partial charge >= 0.3 is 6.03 Å². The highest BCUT2D eigenvalue weighted by Crippen LogP contribution is 2.25. The molecule has 136 valence electrons. The van der Waals surface area contributed by atoms with Crippen molar-refractivity contribution in [2.24, 2.45) is 0 Å². The van der Waals surface area contributed by atoms with E-state index in [1.54, 1.807) is 30.3 Å². The van der Waals surface area contributed by atoms with E-state index in [-0.39, 0.29) is 24.7 Å². The number of anilines is 1. The molecule has 3 aromatic rings. The van der Waals surface area contributed by atoms with E-state index >= 15 is 0 Å². The predicted octanol–water partition coefficient (Wildman–Crippen LogP) is 2.71. The molecule has 2 N–H and O–H groups in total. The molecule has 2 aromatic heterocycles. The van der Waals surface area contributed by atoms with Crippen molar-refractivity contribution in [3.63, 3.8) is 0 Å². The molecule has 1 fully saturated rings. The third kappa shape index (κ3) is 3.58. The number of carbonyl (C=O) groups excluding carboxylic acids is 3. The minimum atomic E-state index is -0.418. The van der Waals surface area contributed by atoms with Crippen molar-refractivity contribution in [1.29, 1.82) is 0 Å². The summed E-state index contributed by atoms with van der Waals surface area (Å²) in [5.41, 5.74) is 1.42. The second-order valence-electron chi connectivity index (χ2n) is 5.85. The zero-order valence-electron chi connectivity index (χ0n) is 14.0. The second-order valence-corrected chi connectivity index (χ2v) is 6.79. The number of hydrogen-bond acceptors (Lipinski definition) is 6. The summed E-state index contributed by atoms with van der Waals surface area (Å²) in [6.07, 6.45) is 0. The Kier molecular flexibility index (Phi) is 4.43. The molecule has 0 aliphatic carbocycles. The lowest BCUT2D eigenvalue weighted by Crippen LogP contribution is -2.30. The molecular weight excluding hydrogens is 368 g/mol. The summed E-state index contributed by atoms with van der Waals surface area (Å²) in [7, 11) is 0. The van der Waals surface area contributed by atoms with E-state index in [1.165, 1.54) is 11.3 Å². The molecular formula is C18H14N4O4S. The Morgan fingerprint density at radius 2 is 2.15 bits per heavy atom. The van der Waals surface area contributed by atoms with Crippen LogP contribution in [0.4, 0.5) is 10.5 Å². The van der Waals surface area contributed by atoms with Gasteiger partial charge in [0.2, 0.25) is 5.91 Å². The van der Waals surface area contributed by atoms with Gasteiger partial charge in [0.15, 0.2) is 11.5 Å². The minimum absolute atomic E-state index is 0.00793. The van der Waals surface area contributed by atoms with Crippen molar-refractivity contribution < 1.29 is 18.9 Å². The van der Waals surface area contributed by atoms with E-state index in [2.05, 4.69) is 15.8 Å². The van der Waals surface area contributed by atoms with Crippen molar-refractivity contribution in [2.75, 3.05) is 11.9 Å². The van der Waals surface area contributed by atoms with Gasteiger partial charge < -0.3 is 15.2 Å². The van der Waals surface area contributed by atoms with Crippen LogP contribution in [0.15, 0.2) is 52.4 Å². The van der Waals surface area contributed by atoms with Crippen LogP contribution in [-0.4, -0.2) is 34.4 Å². The fourth-order valence-electron chi connectivity index (χ4n) is 2.66. The maximum Gasteiger partial charge on any atom is 0.324 e. The molecule has 4 rings (SSSR count). The lowest BCUT2D eigenvalue weighted by atomic mass is 10.2. The number of hydrogen-bond donors (Lipinski definition) is 2. The Balaban J connectivity index is 1.46. The molecule has 3 heterocycles. The fraction of sp³-hybridized carbons (Fsp3) is 0.111. The summed E-state index contributed by atoms with van der Waals surface area (Å²) in [5, 5.41) is 10.9. The summed E-state index contributed by atoms with van der Waals surface area (Å²) < 4.78 is 5.21. The lowest BCUT2D eigenvalue weighted by Gasteiger charge is -2.13. The smallest absolute Gasteiger partial charge is 0.324 e. The summed E-state index contributed by atoms with van der Waals surface area (Å²) in [4.78, 5) is 37.7. The largest absolute Gasteiger partial charge is 0.355 e. The molecule has 1 aromatic carbocycles. The third-order valence-electron chi connectivity index (χ3n) is 3.97. The minimum Gasteiger partial charge on any atom is -0.355 e. The van der Waals surface area contributed by atoms with Crippen LogP contribution >= 0.6 is 11.3 Å². The lowest BCUT2D eigenvalue weighted by molar-refractivity contribution is -0.125. The van der Waals surface area contributed by atoms with Gasteiger partial charge in [0.05, 0.1) is 18.0 Å². The second kappa shape index (κ2) is 7.04. The number of amides is 4. The molecule has 1 aliphatic heterocycles. The maximum atomic E-state index is 12.4. The van der Waals surface area contributed by atoms with Crippen LogP contribution in [0.1, 0.15) is 16.1 Å². The maximum absolute atomic E-state index is 12.4. The van der Waals surface area contributed by atoms with Crippen LogP contribution in [0.3, 0.4) is 0 Å². The van der Waals surface area contributed by atoms with Crippen molar-refractivity contribution >= 4 is 34.9 Å². The van der Waals surface area contributed by atoms with Gasteiger partial charge in [-0.1, -0.05) is 23.4 Å². The third-order valence-corrected chi connectivity index (χ3v) is 4.85. The molecule has 8 nitrogen and oxygen atoms in total. The zero-order valence-corrected chi connectivity index (χ0v) is 14.8. The number of urea groups is 1. The van der Waals surface area contributed by atoms with Gasteiger partial charge in [0, 0.05) is 11.8 Å². The average molecular weight is 382 g/mol. The SMILES string of the molecule is O=C(Nc1cccc(CN2C(=O)CNC2=O)c1)c1cc(-c2cccs2)on1. The topological polar surface area (TPSA) is 105 Å². The Morgan fingerprint density at radius 3 is 2.89 bits per heavy atom. The van der Waals surface area contributed by atoms with Crippen LogP contribution in [-0.2, 0) is 11.3 Å². The standard InChI is InChI=1S/C18H14N4O4S/c23-16-9-19-18(25)22(16)10-11-3-1-4-12(7-11)20-17(24)13-8-14(26-21-13)15-5-2-6-27-15/h1-8H,9-10H2,(H,19,25)(H,20,24). The van der Waals surface area contributed by atoms with Gasteiger partial charge in [-0.2, -0.15) is 0 Å². The van der Waals surface area contributed by atoms with Crippen LogP contribution in [0.2, 0.25) is 0 Å². The summed E-state index contributed by atoms with van der Waals surface area (Å²) in [5.74, 6) is -0.158. The van der Waals surface area contributed by atoms with Crippen LogP contribution in [0, 0.1) is 0 Å². The quantitative estimate of drug-likeness (QED) is 0.660. The van der Waals surface area contributed by atoms with E-state index in [9.17, 15) is 14.4 Å². The number of imide groups is 1. The van der Waals surface area contributed by atoms with Gasteiger partial charge in [0.25, 0.3) is 5.91 Å². The van der Waals surface area contributed by atoms with Gasteiger partial charge in [-0.3, -0.25) is 14.5 Å². The summed E-state index contributed by atoms with van der Waals surface area (Å²) in [6, 6.07) is 11.9. The van der Waals surface area contributed by atoms with Gasteiger partial charge in [-0.25, -0.2) is 4.79 Å². The predicted molar refractivity (Wildman–Crippen MR) is 98.2 cm³/mol. The number of thiophene rings is 1. The molecule has 0 radical (unpaired) electrons. The van der Waals surface area contributed by atoms with Crippen molar-refractivity contribution in [2.45, 2.75) is 6.54 Å². The van der Waals surface area contributed by atoms with Crippen molar-refractivity contribution in [3.8, 4) is 10.6 Å². The highest BCUT2D eigenvalue weighted by molar-refractivity contribution is 7.13. The Morgan fingerprint density at radius 1 is 1.26 bits per heavy atom. The van der Waals surface area contributed by atoms with E-state index in [0.717, 1.165) is 15.3 Å². The Labute approximate surface area is 157 Å². The Hall–Kier alpha value is -3.46. The number of benzene rings is 1. The highest BCUT2D eigenvalue weighted by atomic mass is 32.1. The molecule has 0 saturated carbocycles. The molecule has 9 heteroatoms. The first-order valence-corrected chi connectivity index (χ1v) is 8.97. The van der Waals surface area contributed by atoms with E-state index < -0.39 is 11.9 Å². The van der Waals surface area contributed by atoms with Crippen molar-refractivity contribution in [1.82, 2.24) is 15.4 Å². The molecule has 1 aliphatic rings. The van der Waals surface area contributed by atoms with Crippen molar-refractivity contribution in [3.05, 3.63) is 59.1 Å². The molecule has 0 atom stereocenters. The normalized spacial score (nSPS) is 13.7.